The molecule has 2 saturated heterocycles. The summed E-state index contributed by atoms with van der Waals surface area (Å²) < 4.78 is 0. The lowest BCUT2D eigenvalue weighted by atomic mass is 9.79. The van der Waals surface area contributed by atoms with Crippen molar-refractivity contribution in [2.45, 2.75) is 44.8 Å². The van der Waals surface area contributed by atoms with Crippen molar-refractivity contribution < 1.29 is 9.59 Å². The molecular formula is C25H29N5O2. The van der Waals surface area contributed by atoms with E-state index in [9.17, 15) is 9.59 Å². The van der Waals surface area contributed by atoms with Gasteiger partial charge in [-0.2, -0.15) is 0 Å². The number of aryl methyl sites for hydroxylation is 1. The molecule has 2 aromatic rings. The van der Waals surface area contributed by atoms with Crippen LogP contribution in [0, 0.1) is 12.8 Å². The molecule has 0 aromatic heterocycles. The van der Waals surface area contributed by atoms with Crippen molar-refractivity contribution in [3.63, 3.8) is 0 Å². The summed E-state index contributed by atoms with van der Waals surface area (Å²) in [5.74, 6) is 1.23. The van der Waals surface area contributed by atoms with Crippen LogP contribution in [0.25, 0.3) is 0 Å². The molecule has 2 N–H and O–H groups in total. The Hall–Kier alpha value is -3.35. The lowest BCUT2D eigenvalue weighted by Gasteiger charge is -2.47. The van der Waals surface area contributed by atoms with Crippen LogP contribution in [0.1, 0.15) is 36.8 Å². The van der Waals surface area contributed by atoms with Crippen molar-refractivity contribution in [2.24, 2.45) is 10.9 Å². The highest BCUT2D eigenvalue weighted by atomic mass is 16.2. The van der Waals surface area contributed by atoms with Crippen molar-refractivity contribution in [2.75, 3.05) is 23.8 Å². The first-order valence-corrected chi connectivity index (χ1v) is 11.3. The molecule has 7 heteroatoms. The molecule has 0 radical (unpaired) electrons. The second-order valence-electron chi connectivity index (χ2n) is 9.06. The van der Waals surface area contributed by atoms with E-state index in [1.165, 1.54) is 12.8 Å². The second kappa shape index (κ2) is 8.30. The van der Waals surface area contributed by atoms with Gasteiger partial charge in [0.1, 0.15) is 5.84 Å². The van der Waals surface area contributed by atoms with Gasteiger partial charge in [-0.3, -0.25) is 4.79 Å². The minimum Gasteiger partial charge on any atom is -0.353 e. The number of hydrogen-bond donors (Lipinski definition) is 2. The van der Waals surface area contributed by atoms with Crippen LogP contribution >= 0.6 is 0 Å². The second-order valence-corrected chi connectivity index (χ2v) is 9.06. The van der Waals surface area contributed by atoms with E-state index in [4.69, 9.17) is 4.99 Å². The molecule has 1 saturated carbocycles. The molecule has 1 atom stereocenters. The number of fused-ring (bicyclic) bond motifs is 4. The molecule has 166 valence electrons. The van der Waals surface area contributed by atoms with Crippen LogP contribution in [0.2, 0.25) is 0 Å². The molecule has 6 rings (SSSR count). The van der Waals surface area contributed by atoms with Crippen LogP contribution in [-0.4, -0.2) is 48.5 Å². The van der Waals surface area contributed by atoms with Gasteiger partial charge in [-0.25, -0.2) is 9.79 Å². The van der Waals surface area contributed by atoms with E-state index in [1.54, 1.807) is 11.9 Å². The van der Waals surface area contributed by atoms with Crippen molar-refractivity contribution in [3.8, 4) is 0 Å². The number of likely N-dealkylation sites (N-methyl/N-ethyl adjacent to an activating group) is 1. The molecule has 3 amide bonds. The lowest BCUT2D eigenvalue weighted by molar-refractivity contribution is -0.119. The molecule has 1 aliphatic carbocycles. The maximum absolute atomic E-state index is 13.3. The average Bonchev–Trinajstić information content (AvgIpc) is 2.90. The number of benzene rings is 2. The molecule has 3 heterocycles. The molecule has 0 unspecified atom stereocenters. The SMILES string of the molecule is Cc1cccc(NC(=O)N[C@@H]2N=C(N3CC4CCC3CC4)c3ccccc3N(C)C2=O)c1. The molecular weight excluding hydrogens is 402 g/mol. The van der Waals surface area contributed by atoms with E-state index in [2.05, 4.69) is 15.5 Å². The third-order valence-corrected chi connectivity index (χ3v) is 6.85. The smallest absolute Gasteiger partial charge is 0.321 e. The van der Waals surface area contributed by atoms with Gasteiger partial charge in [0.15, 0.2) is 0 Å². The molecule has 3 aliphatic heterocycles. The highest BCUT2D eigenvalue weighted by Crippen LogP contribution is 2.37. The minimum absolute atomic E-state index is 0.256. The number of urea groups is 1. The Bertz CT molecular complexity index is 1070. The summed E-state index contributed by atoms with van der Waals surface area (Å²) in [4.78, 5) is 34.9. The van der Waals surface area contributed by atoms with Gasteiger partial charge in [-0.15, -0.1) is 0 Å². The highest BCUT2D eigenvalue weighted by Gasteiger charge is 2.39. The zero-order valence-corrected chi connectivity index (χ0v) is 18.5. The third kappa shape index (κ3) is 3.83. The Balaban J connectivity index is 1.47. The number of benzodiazepines with no additional fused rings is 1. The summed E-state index contributed by atoms with van der Waals surface area (Å²) >= 11 is 0. The monoisotopic (exact) mass is 431 g/mol. The predicted octanol–water partition coefficient (Wildman–Crippen LogP) is 3.74. The number of amides is 3. The molecule has 3 fully saturated rings. The van der Waals surface area contributed by atoms with E-state index >= 15 is 0 Å². The van der Waals surface area contributed by atoms with Gasteiger partial charge >= 0.3 is 6.03 Å². The van der Waals surface area contributed by atoms with E-state index in [0.29, 0.717) is 17.6 Å². The number of aliphatic imine (C=N–C) groups is 1. The summed E-state index contributed by atoms with van der Waals surface area (Å²) in [6.07, 6.45) is 3.83. The van der Waals surface area contributed by atoms with E-state index < -0.39 is 12.2 Å². The van der Waals surface area contributed by atoms with Crippen LogP contribution in [-0.2, 0) is 4.79 Å². The maximum atomic E-state index is 13.3. The van der Waals surface area contributed by atoms with Gasteiger partial charge < -0.3 is 20.4 Å². The fourth-order valence-electron chi connectivity index (χ4n) is 5.17. The number of amidine groups is 1. The van der Waals surface area contributed by atoms with Crippen LogP contribution < -0.4 is 15.5 Å². The van der Waals surface area contributed by atoms with Gasteiger partial charge in [0.25, 0.3) is 5.91 Å². The highest BCUT2D eigenvalue weighted by molar-refractivity contribution is 6.12. The largest absolute Gasteiger partial charge is 0.353 e. The first kappa shape index (κ1) is 20.5. The molecule has 2 bridgehead atoms. The first-order valence-electron chi connectivity index (χ1n) is 11.3. The fourth-order valence-corrected chi connectivity index (χ4v) is 5.17. The molecule has 0 spiro atoms. The zero-order chi connectivity index (χ0) is 22.2. The summed E-state index contributed by atoms with van der Waals surface area (Å²) in [7, 11) is 1.75. The zero-order valence-electron chi connectivity index (χ0n) is 18.5. The summed E-state index contributed by atoms with van der Waals surface area (Å²) in [6, 6.07) is 15.4. The first-order chi connectivity index (χ1) is 15.5. The molecule has 7 nitrogen and oxygen atoms in total. The Morgan fingerprint density at radius 2 is 1.84 bits per heavy atom. The number of carbonyl (C=O) groups is 2. The number of carbonyl (C=O) groups excluding carboxylic acids is 2. The Labute approximate surface area is 188 Å². The van der Waals surface area contributed by atoms with Gasteiger partial charge in [0.05, 0.1) is 5.69 Å². The summed E-state index contributed by atoms with van der Waals surface area (Å²) in [6.45, 7) is 2.92. The normalized spacial score (nSPS) is 24.5. The Morgan fingerprint density at radius 1 is 1.06 bits per heavy atom. The van der Waals surface area contributed by atoms with Crippen molar-refractivity contribution >= 4 is 29.1 Å². The number of nitrogens with one attached hydrogen (secondary N) is 2. The van der Waals surface area contributed by atoms with Crippen molar-refractivity contribution in [1.29, 1.82) is 0 Å². The molecule has 32 heavy (non-hydrogen) atoms. The van der Waals surface area contributed by atoms with Gasteiger partial charge in [0, 0.05) is 30.9 Å². The van der Waals surface area contributed by atoms with E-state index in [0.717, 1.165) is 42.0 Å². The van der Waals surface area contributed by atoms with Gasteiger partial charge in [0.2, 0.25) is 6.17 Å². The average molecular weight is 432 g/mol. The van der Waals surface area contributed by atoms with Crippen molar-refractivity contribution in [1.82, 2.24) is 10.2 Å². The molecule has 2 aromatic carbocycles. The quantitative estimate of drug-likeness (QED) is 0.761. The lowest BCUT2D eigenvalue weighted by Crippen LogP contribution is -2.52. The Kier molecular flexibility index (Phi) is 5.33. The number of hydrogen-bond acceptors (Lipinski definition) is 4. The maximum Gasteiger partial charge on any atom is 0.321 e. The van der Waals surface area contributed by atoms with Gasteiger partial charge in [-0.05, 0) is 68.4 Å². The van der Waals surface area contributed by atoms with Crippen LogP contribution in [0.5, 0.6) is 0 Å². The van der Waals surface area contributed by atoms with Crippen LogP contribution in [0.3, 0.4) is 0 Å². The van der Waals surface area contributed by atoms with Crippen molar-refractivity contribution in [3.05, 3.63) is 59.7 Å². The minimum atomic E-state index is -0.993. The number of piperidine rings is 2. The van der Waals surface area contributed by atoms with Gasteiger partial charge in [-0.1, -0.05) is 24.3 Å². The Morgan fingerprint density at radius 3 is 2.56 bits per heavy atom. The molecule has 4 aliphatic rings. The number of para-hydroxylation sites is 1. The number of nitrogens with zero attached hydrogens (tertiary/aromatic N) is 3. The summed E-state index contributed by atoms with van der Waals surface area (Å²) in [5, 5.41) is 5.62. The van der Waals surface area contributed by atoms with E-state index in [1.807, 2.05) is 55.5 Å². The van der Waals surface area contributed by atoms with E-state index in [-0.39, 0.29) is 5.91 Å². The number of anilines is 2. The van der Waals surface area contributed by atoms with Crippen LogP contribution in [0.15, 0.2) is 53.5 Å². The summed E-state index contributed by atoms with van der Waals surface area (Å²) in [5.41, 5.74) is 3.49. The standard InChI is InChI=1S/C25H29N5O2/c1-16-6-5-7-18(14-16)26-25(32)28-22-24(31)29(2)21-9-4-3-8-20(21)23(27-22)30-15-17-10-12-19(30)13-11-17/h3-9,14,17,19,22H,10-13,15H2,1-2H3,(H2,26,28,32)/t17?,19?,22-/m0/s1. The third-order valence-electron chi connectivity index (χ3n) is 6.85. The topological polar surface area (TPSA) is 77.0 Å². The number of rotatable bonds is 2. The predicted molar refractivity (Wildman–Crippen MR) is 126 cm³/mol. The fraction of sp³-hybridized carbons (Fsp3) is 0.400. The van der Waals surface area contributed by atoms with Crippen LogP contribution in [0.4, 0.5) is 16.2 Å².